The van der Waals surface area contributed by atoms with Gasteiger partial charge < -0.3 is 10.6 Å². The molecule has 0 saturated heterocycles. The van der Waals surface area contributed by atoms with Crippen LogP contribution in [0.4, 0.5) is 5.69 Å². The van der Waals surface area contributed by atoms with Crippen LogP contribution in [0.1, 0.15) is 19.5 Å². The van der Waals surface area contributed by atoms with Crippen LogP contribution in [0.2, 0.25) is 0 Å². The smallest absolute Gasteiger partial charge is 0.295 e. The molecule has 0 aliphatic rings. The van der Waals surface area contributed by atoms with Crippen molar-refractivity contribution in [3.63, 3.8) is 0 Å². The van der Waals surface area contributed by atoms with Crippen molar-refractivity contribution in [3.8, 4) is 5.69 Å². The first kappa shape index (κ1) is 20.7. The molecule has 2 aromatic rings. The fourth-order valence-corrected chi connectivity index (χ4v) is 2.71. The Morgan fingerprint density at radius 3 is 2.23 bits per heavy atom. The molecular weight excluding hydrogens is 399 g/mol. The molecule has 1 atom stereocenters. The number of halogens is 3. The molecule has 9 heteroatoms. The van der Waals surface area contributed by atoms with Crippen molar-refractivity contribution in [2.24, 2.45) is 13.0 Å². The van der Waals surface area contributed by atoms with E-state index in [4.69, 9.17) is 34.8 Å². The second-order valence-corrected chi connectivity index (χ2v) is 8.59. The molecule has 0 spiro atoms. The molecule has 1 amide bonds. The molecule has 6 nitrogen and oxygen atoms in total. The minimum Gasteiger partial charge on any atom is -0.356 e. The zero-order chi connectivity index (χ0) is 19.6. The Kier molecular flexibility index (Phi) is 6.32. The number of para-hydroxylation sites is 1. The number of hydrogen-bond acceptors (Lipinski definition) is 3. The van der Waals surface area contributed by atoms with Crippen LogP contribution in [0.3, 0.4) is 0 Å². The standard InChI is InChI=1S/C17H21Cl3N4O2/c1-10(2)14(25)22-16(17(18,19)20)21-13-11(3)23(4)24(15(13)26)12-8-6-5-7-9-12/h5-10,16,21H,1-4H3,(H,22,25)/t16-/m1/s1. The lowest BCUT2D eigenvalue weighted by atomic mass is 10.2. The van der Waals surface area contributed by atoms with Gasteiger partial charge in [-0.1, -0.05) is 66.8 Å². The molecular formula is C17H21Cl3N4O2. The molecule has 26 heavy (non-hydrogen) atoms. The first-order valence-electron chi connectivity index (χ1n) is 8.01. The van der Waals surface area contributed by atoms with Gasteiger partial charge in [-0.2, -0.15) is 0 Å². The number of alkyl halides is 3. The van der Waals surface area contributed by atoms with Gasteiger partial charge in [0.2, 0.25) is 9.70 Å². The highest BCUT2D eigenvalue weighted by atomic mass is 35.6. The van der Waals surface area contributed by atoms with Crippen molar-refractivity contribution < 1.29 is 4.79 Å². The van der Waals surface area contributed by atoms with E-state index in [1.807, 2.05) is 30.3 Å². The van der Waals surface area contributed by atoms with Crippen LogP contribution in [0.15, 0.2) is 35.1 Å². The zero-order valence-electron chi connectivity index (χ0n) is 14.9. The van der Waals surface area contributed by atoms with E-state index in [0.29, 0.717) is 11.4 Å². The van der Waals surface area contributed by atoms with Gasteiger partial charge in [-0.3, -0.25) is 14.3 Å². The van der Waals surface area contributed by atoms with Gasteiger partial charge in [0.25, 0.3) is 5.56 Å². The number of aromatic nitrogens is 2. The molecule has 0 aliphatic carbocycles. The van der Waals surface area contributed by atoms with Crippen LogP contribution in [0.5, 0.6) is 0 Å². The van der Waals surface area contributed by atoms with Gasteiger partial charge in [0.05, 0.1) is 11.4 Å². The van der Waals surface area contributed by atoms with E-state index in [0.717, 1.165) is 0 Å². The van der Waals surface area contributed by atoms with Crippen molar-refractivity contribution in [2.75, 3.05) is 5.32 Å². The molecule has 0 radical (unpaired) electrons. The highest BCUT2D eigenvalue weighted by molar-refractivity contribution is 6.68. The summed E-state index contributed by atoms with van der Waals surface area (Å²) in [6.45, 7) is 5.21. The van der Waals surface area contributed by atoms with E-state index in [-0.39, 0.29) is 23.1 Å². The van der Waals surface area contributed by atoms with Crippen molar-refractivity contribution in [3.05, 3.63) is 46.4 Å². The third-order valence-electron chi connectivity index (χ3n) is 3.98. The summed E-state index contributed by atoms with van der Waals surface area (Å²) in [6.07, 6.45) is -1.07. The third-order valence-corrected chi connectivity index (χ3v) is 4.64. The maximum atomic E-state index is 12.9. The van der Waals surface area contributed by atoms with E-state index >= 15 is 0 Å². The predicted octanol–water partition coefficient (Wildman–Crippen LogP) is 3.36. The zero-order valence-corrected chi connectivity index (χ0v) is 17.2. The minimum absolute atomic E-state index is 0.247. The molecule has 0 fully saturated rings. The van der Waals surface area contributed by atoms with Gasteiger partial charge in [-0.05, 0) is 19.1 Å². The summed E-state index contributed by atoms with van der Waals surface area (Å²) in [7, 11) is 1.76. The van der Waals surface area contributed by atoms with E-state index in [1.54, 1.807) is 32.5 Å². The van der Waals surface area contributed by atoms with Gasteiger partial charge >= 0.3 is 0 Å². The largest absolute Gasteiger partial charge is 0.356 e. The van der Waals surface area contributed by atoms with Gasteiger partial charge in [0.1, 0.15) is 11.9 Å². The molecule has 1 aromatic carbocycles. The lowest BCUT2D eigenvalue weighted by molar-refractivity contribution is -0.124. The maximum absolute atomic E-state index is 12.9. The van der Waals surface area contributed by atoms with Crippen LogP contribution in [0.25, 0.3) is 5.69 Å². The summed E-state index contributed by atoms with van der Waals surface area (Å²) < 4.78 is 1.34. The Morgan fingerprint density at radius 1 is 1.15 bits per heavy atom. The van der Waals surface area contributed by atoms with Gasteiger partial charge in [0, 0.05) is 13.0 Å². The summed E-state index contributed by atoms with van der Waals surface area (Å²) in [5.41, 5.74) is 1.27. The number of rotatable bonds is 5. The summed E-state index contributed by atoms with van der Waals surface area (Å²) in [6, 6.07) is 9.17. The Labute approximate surface area is 167 Å². The topological polar surface area (TPSA) is 68.1 Å². The maximum Gasteiger partial charge on any atom is 0.295 e. The number of carbonyl (C=O) groups is 1. The average Bonchev–Trinajstić information content (AvgIpc) is 2.77. The molecule has 1 aromatic heterocycles. The Balaban J connectivity index is 2.45. The number of amides is 1. The monoisotopic (exact) mass is 418 g/mol. The summed E-state index contributed by atoms with van der Waals surface area (Å²) >= 11 is 18.0. The first-order valence-corrected chi connectivity index (χ1v) is 9.15. The van der Waals surface area contributed by atoms with Crippen LogP contribution >= 0.6 is 34.8 Å². The van der Waals surface area contributed by atoms with Crippen LogP contribution < -0.4 is 16.2 Å². The molecule has 0 unspecified atom stereocenters. The van der Waals surface area contributed by atoms with Crippen molar-refractivity contribution >= 4 is 46.4 Å². The second-order valence-electron chi connectivity index (χ2n) is 6.22. The lowest BCUT2D eigenvalue weighted by Crippen LogP contribution is -2.51. The number of carbonyl (C=O) groups excluding carboxylic acids is 1. The van der Waals surface area contributed by atoms with Crippen molar-refractivity contribution in [1.29, 1.82) is 0 Å². The Bertz CT molecular complexity index is 838. The predicted molar refractivity (Wildman–Crippen MR) is 106 cm³/mol. The van der Waals surface area contributed by atoms with Crippen LogP contribution in [0, 0.1) is 12.8 Å². The van der Waals surface area contributed by atoms with Crippen molar-refractivity contribution in [2.45, 2.75) is 30.7 Å². The fraction of sp³-hybridized carbons (Fsp3) is 0.412. The number of hydrogen-bond donors (Lipinski definition) is 2. The van der Waals surface area contributed by atoms with Gasteiger partial charge in [-0.15, -0.1) is 0 Å². The van der Waals surface area contributed by atoms with Gasteiger partial charge in [0.15, 0.2) is 0 Å². The van der Waals surface area contributed by atoms with Gasteiger partial charge in [-0.25, -0.2) is 4.68 Å². The highest BCUT2D eigenvalue weighted by Gasteiger charge is 2.36. The average molecular weight is 420 g/mol. The van der Waals surface area contributed by atoms with E-state index in [9.17, 15) is 9.59 Å². The van der Waals surface area contributed by atoms with Crippen molar-refractivity contribution in [1.82, 2.24) is 14.7 Å². The number of nitrogens with one attached hydrogen (secondary N) is 2. The lowest BCUT2D eigenvalue weighted by Gasteiger charge is -2.27. The van der Waals surface area contributed by atoms with Crippen LogP contribution in [-0.4, -0.2) is 25.2 Å². The molecule has 2 N–H and O–H groups in total. The normalized spacial score (nSPS) is 12.9. The molecule has 1 heterocycles. The highest BCUT2D eigenvalue weighted by Crippen LogP contribution is 2.31. The van der Waals surface area contributed by atoms with Crippen LogP contribution in [-0.2, 0) is 11.8 Å². The Hall–Kier alpha value is -1.63. The quantitative estimate of drug-likeness (QED) is 0.577. The molecule has 0 saturated carbocycles. The first-order chi connectivity index (χ1) is 12.0. The number of benzene rings is 1. The SMILES string of the molecule is Cc1c(N[C@H](NC(=O)C(C)C)C(Cl)(Cl)Cl)c(=O)n(-c2ccccc2)n1C. The fourth-order valence-electron chi connectivity index (χ4n) is 2.39. The molecule has 0 aliphatic heterocycles. The minimum atomic E-state index is -1.85. The number of anilines is 1. The summed E-state index contributed by atoms with van der Waals surface area (Å²) in [5.74, 6) is -0.602. The second kappa shape index (κ2) is 7.94. The Morgan fingerprint density at radius 2 is 1.73 bits per heavy atom. The summed E-state index contributed by atoms with van der Waals surface area (Å²) in [5, 5.41) is 5.51. The number of nitrogens with zero attached hydrogens (tertiary/aromatic N) is 2. The molecule has 142 valence electrons. The van der Waals surface area contributed by atoms with E-state index in [1.165, 1.54) is 4.68 Å². The van der Waals surface area contributed by atoms with E-state index in [2.05, 4.69) is 10.6 Å². The summed E-state index contributed by atoms with van der Waals surface area (Å²) in [4.78, 5) is 25.0. The molecule has 0 bridgehead atoms. The third kappa shape index (κ3) is 4.37. The molecule has 2 rings (SSSR count). The van der Waals surface area contributed by atoms with E-state index < -0.39 is 9.96 Å².